The van der Waals surface area contributed by atoms with Gasteiger partial charge in [0.15, 0.2) is 5.76 Å². The van der Waals surface area contributed by atoms with Crippen LogP contribution in [0.5, 0.6) is 5.75 Å². The van der Waals surface area contributed by atoms with E-state index >= 15 is 0 Å². The summed E-state index contributed by atoms with van der Waals surface area (Å²) in [4.78, 5) is 0. The number of hydrogen-bond acceptors (Lipinski definition) is 4. The van der Waals surface area contributed by atoms with Gasteiger partial charge in [0.1, 0.15) is 12.4 Å². The van der Waals surface area contributed by atoms with Gasteiger partial charge in [-0.1, -0.05) is 21.1 Å². The van der Waals surface area contributed by atoms with Gasteiger partial charge in [-0.2, -0.15) is 0 Å². The first-order valence-corrected chi connectivity index (χ1v) is 7.71. The molecule has 0 radical (unpaired) electrons. The Morgan fingerprint density at radius 3 is 2.67 bits per heavy atom. The maximum absolute atomic E-state index is 5.75. The van der Waals surface area contributed by atoms with Crippen LogP contribution in [-0.2, 0) is 13.2 Å². The summed E-state index contributed by atoms with van der Waals surface area (Å²) < 4.78 is 12.0. The summed E-state index contributed by atoms with van der Waals surface area (Å²) >= 11 is 3.57. The van der Waals surface area contributed by atoms with E-state index in [4.69, 9.17) is 9.26 Å². The van der Waals surface area contributed by atoms with Crippen LogP contribution < -0.4 is 10.1 Å². The van der Waals surface area contributed by atoms with Gasteiger partial charge in [-0.05, 0) is 51.5 Å². The molecule has 1 aromatic carbocycles. The minimum atomic E-state index is 0.0771. The van der Waals surface area contributed by atoms with E-state index in [-0.39, 0.29) is 5.54 Å². The number of ether oxygens (including phenoxy) is 1. The van der Waals surface area contributed by atoms with E-state index in [1.165, 1.54) is 0 Å². The van der Waals surface area contributed by atoms with E-state index in [1.54, 1.807) is 0 Å². The van der Waals surface area contributed by atoms with Crippen LogP contribution in [0.2, 0.25) is 0 Å². The Kier molecular flexibility index (Phi) is 5.06. The fourth-order valence-electron chi connectivity index (χ4n) is 1.78. The van der Waals surface area contributed by atoms with Crippen LogP contribution in [0.3, 0.4) is 0 Å². The van der Waals surface area contributed by atoms with E-state index in [9.17, 15) is 0 Å². The second-order valence-corrected chi connectivity index (χ2v) is 6.93. The van der Waals surface area contributed by atoms with Crippen LogP contribution >= 0.6 is 15.9 Å². The molecule has 0 unspecified atom stereocenters. The maximum atomic E-state index is 5.75. The molecule has 0 saturated carbocycles. The molecule has 1 aromatic heterocycles. The van der Waals surface area contributed by atoms with Crippen molar-refractivity contribution < 1.29 is 9.26 Å². The number of benzene rings is 1. The molecule has 0 bridgehead atoms. The molecule has 0 aliphatic carbocycles. The fourth-order valence-corrected chi connectivity index (χ4v) is 2.16. The zero-order chi connectivity index (χ0) is 15.5. The van der Waals surface area contributed by atoms with Gasteiger partial charge < -0.3 is 14.6 Å². The standard InChI is InChI=1S/C16H21BrN2O2/c1-11-7-14(21-19-11)10-20-13-5-6-15(17)12(8-13)9-18-16(2,3)4/h5-8,18H,9-10H2,1-4H3. The highest BCUT2D eigenvalue weighted by Crippen LogP contribution is 2.24. The highest BCUT2D eigenvalue weighted by molar-refractivity contribution is 9.10. The first kappa shape index (κ1) is 16.0. The zero-order valence-corrected chi connectivity index (χ0v) is 14.5. The lowest BCUT2D eigenvalue weighted by atomic mass is 10.1. The second-order valence-electron chi connectivity index (χ2n) is 6.08. The van der Waals surface area contributed by atoms with Crippen molar-refractivity contribution in [2.45, 2.75) is 46.4 Å². The number of halogens is 1. The first-order valence-electron chi connectivity index (χ1n) is 6.92. The molecule has 114 valence electrons. The summed E-state index contributed by atoms with van der Waals surface area (Å²) in [5.41, 5.74) is 2.10. The SMILES string of the molecule is Cc1cc(COc2ccc(Br)c(CNC(C)(C)C)c2)on1. The quantitative estimate of drug-likeness (QED) is 0.875. The number of aryl methyl sites for hydroxylation is 1. The van der Waals surface area contributed by atoms with Crippen molar-refractivity contribution in [3.05, 3.63) is 45.8 Å². The third-order valence-electron chi connectivity index (χ3n) is 2.88. The molecular weight excluding hydrogens is 332 g/mol. The molecule has 4 nitrogen and oxygen atoms in total. The Morgan fingerprint density at radius 2 is 2.05 bits per heavy atom. The Hall–Kier alpha value is -1.33. The molecule has 5 heteroatoms. The van der Waals surface area contributed by atoms with Crippen LogP contribution in [-0.4, -0.2) is 10.7 Å². The largest absolute Gasteiger partial charge is 0.486 e. The molecule has 1 N–H and O–H groups in total. The number of nitrogens with one attached hydrogen (secondary N) is 1. The van der Waals surface area contributed by atoms with Crippen molar-refractivity contribution in [3.8, 4) is 5.75 Å². The predicted octanol–water partition coefficient (Wildman–Crippen LogP) is 4.21. The molecule has 1 heterocycles. The predicted molar refractivity (Wildman–Crippen MR) is 86.3 cm³/mol. The lowest BCUT2D eigenvalue weighted by molar-refractivity contribution is 0.248. The monoisotopic (exact) mass is 352 g/mol. The van der Waals surface area contributed by atoms with Gasteiger partial charge in [-0.3, -0.25) is 0 Å². The Labute approximate surface area is 134 Å². The third kappa shape index (κ3) is 5.17. The van der Waals surface area contributed by atoms with Crippen LogP contribution in [0.4, 0.5) is 0 Å². The van der Waals surface area contributed by atoms with Crippen LogP contribution in [0.25, 0.3) is 0 Å². The highest BCUT2D eigenvalue weighted by atomic mass is 79.9. The third-order valence-corrected chi connectivity index (χ3v) is 3.66. The van der Waals surface area contributed by atoms with Crippen molar-refractivity contribution in [2.75, 3.05) is 0 Å². The summed E-state index contributed by atoms with van der Waals surface area (Å²) in [6.45, 7) is 9.49. The topological polar surface area (TPSA) is 47.3 Å². The molecular formula is C16H21BrN2O2. The van der Waals surface area contributed by atoms with Crippen molar-refractivity contribution in [1.82, 2.24) is 10.5 Å². The number of rotatable bonds is 5. The molecule has 2 aromatic rings. The maximum Gasteiger partial charge on any atom is 0.174 e. The van der Waals surface area contributed by atoms with Gasteiger partial charge in [-0.15, -0.1) is 0 Å². The number of hydrogen-bond donors (Lipinski definition) is 1. The van der Waals surface area contributed by atoms with Gasteiger partial charge in [-0.25, -0.2) is 0 Å². The van der Waals surface area contributed by atoms with E-state index in [0.29, 0.717) is 6.61 Å². The lowest BCUT2D eigenvalue weighted by Crippen LogP contribution is -2.35. The summed E-state index contributed by atoms with van der Waals surface area (Å²) in [6, 6.07) is 7.85. The highest BCUT2D eigenvalue weighted by Gasteiger charge is 2.11. The minimum Gasteiger partial charge on any atom is -0.486 e. The molecule has 2 rings (SSSR count). The van der Waals surface area contributed by atoms with Crippen molar-refractivity contribution in [1.29, 1.82) is 0 Å². The Bertz CT molecular complexity index is 603. The van der Waals surface area contributed by atoms with E-state index in [0.717, 1.165) is 33.8 Å². The van der Waals surface area contributed by atoms with Crippen LogP contribution in [0.15, 0.2) is 33.3 Å². The van der Waals surface area contributed by atoms with Crippen molar-refractivity contribution in [3.63, 3.8) is 0 Å². The number of aromatic nitrogens is 1. The molecule has 0 amide bonds. The minimum absolute atomic E-state index is 0.0771. The Morgan fingerprint density at radius 1 is 1.29 bits per heavy atom. The molecule has 0 saturated heterocycles. The van der Waals surface area contributed by atoms with E-state index < -0.39 is 0 Å². The average Bonchev–Trinajstić information content (AvgIpc) is 2.81. The molecule has 0 aliphatic rings. The first-order chi connectivity index (χ1) is 9.83. The number of nitrogens with zero attached hydrogens (tertiary/aromatic N) is 1. The van der Waals surface area contributed by atoms with Gasteiger partial charge in [0.05, 0.1) is 5.69 Å². The zero-order valence-electron chi connectivity index (χ0n) is 12.9. The average molecular weight is 353 g/mol. The molecule has 0 aliphatic heterocycles. The molecule has 0 spiro atoms. The molecule has 21 heavy (non-hydrogen) atoms. The fraction of sp³-hybridized carbons (Fsp3) is 0.438. The van der Waals surface area contributed by atoms with Crippen molar-refractivity contribution >= 4 is 15.9 Å². The van der Waals surface area contributed by atoms with Gasteiger partial charge >= 0.3 is 0 Å². The van der Waals surface area contributed by atoms with E-state index in [2.05, 4.69) is 47.2 Å². The van der Waals surface area contributed by atoms with Crippen LogP contribution in [0, 0.1) is 6.92 Å². The smallest absolute Gasteiger partial charge is 0.174 e. The Balaban J connectivity index is 2.00. The van der Waals surface area contributed by atoms with Crippen molar-refractivity contribution in [2.24, 2.45) is 0 Å². The molecule has 0 fully saturated rings. The summed E-state index contributed by atoms with van der Waals surface area (Å²) in [5, 5.41) is 7.31. The summed E-state index contributed by atoms with van der Waals surface area (Å²) in [6.07, 6.45) is 0. The lowest BCUT2D eigenvalue weighted by Gasteiger charge is -2.21. The molecule has 0 atom stereocenters. The van der Waals surface area contributed by atoms with Gasteiger partial charge in [0.25, 0.3) is 0 Å². The van der Waals surface area contributed by atoms with Crippen LogP contribution in [0.1, 0.15) is 37.8 Å². The normalized spacial score (nSPS) is 11.7. The van der Waals surface area contributed by atoms with Gasteiger partial charge in [0.2, 0.25) is 0 Å². The summed E-state index contributed by atoms with van der Waals surface area (Å²) in [5.74, 6) is 1.54. The second kappa shape index (κ2) is 6.62. The van der Waals surface area contributed by atoms with E-state index in [1.807, 2.05) is 31.2 Å². The van der Waals surface area contributed by atoms with Gasteiger partial charge in [0, 0.05) is 22.6 Å². The summed E-state index contributed by atoms with van der Waals surface area (Å²) in [7, 11) is 0.